The predicted octanol–water partition coefficient (Wildman–Crippen LogP) is 3.43. The number of para-hydroxylation sites is 1. The summed E-state index contributed by atoms with van der Waals surface area (Å²) in [6.45, 7) is 5.56. The highest BCUT2D eigenvalue weighted by molar-refractivity contribution is 5.33. The monoisotopic (exact) mass is 299 g/mol. The highest BCUT2D eigenvalue weighted by Gasteiger charge is 2.07. The number of aliphatic hydroxyl groups excluding tert-OH is 1. The van der Waals surface area contributed by atoms with Crippen LogP contribution in [-0.4, -0.2) is 17.8 Å². The van der Waals surface area contributed by atoms with E-state index in [9.17, 15) is 5.11 Å². The average molecular weight is 299 g/mol. The molecule has 3 heteroatoms. The van der Waals surface area contributed by atoms with Crippen molar-refractivity contribution in [2.75, 3.05) is 6.61 Å². The molecule has 2 N–H and O–H groups in total. The Morgan fingerprint density at radius 3 is 2.50 bits per heavy atom. The first-order valence-electron chi connectivity index (χ1n) is 7.83. The molecule has 0 bridgehead atoms. The SMILES string of the molecule is CC[C@@H](CO)NCc1ccccc1OCc1ccc(C)cc1. The van der Waals surface area contributed by atoms with Gasteiger partial charge in [0.1, 0.15) is 12.4 Å². The quantitative estimate of drug-likeness (QED) is 0.784. The second-order valence-corrected chi connectivity index (χ2v) is 5.55. The summed E-state index contributed by atoms with van der Waals surface area (Å²) >= 11 is 0. The Kier molecular flexibility index (Phi) is 6.44. The van der Waals surface area contributed by atoms with Crippen LogP contribution in [0.4, 0.5) is 0 Å². The number of benzene rings is 2. The highest BCUT2D eigenvalue weighted by Crippen LogP contribution is 2.19. The lowest BCUT2D eigenvalue weighted by Gasteiger charge is -2.16. The molecule has 0 aromatic heterocycles. The van der Waals surface area contributed by atoms with Gasteiger partial charge in [-0.05, 0) is 25.0 Å². The summed E-state index contributed by atoms with van der Waals surface area (Å²) in [5, 5.41) is 12.6. The van der Waals surface area contributed by atoms with E-state index in [1.165, 1.54) is 5.56 Å². The molecule has 0 aliphatic carbocycles. The van der Waals surface area contributed by atoms with E-state index in [0.717, 1.165) is 23.3 Å². The van der Waals surface area contributed by atoms with Gasteiger partial charge in [-0.1, -0.05) is 55.0 Å². The first kappa shape index (κ1) is 16.5. The maximum Gasteiger partial charge on any atom is 0.124 e. The van der Waals surface area contributed by atoms with Crippen LogP contribution >= 0.6 is 0 Å². The molecule has 2 aromatic carbocycles. The van der Waals surface area contributed by atoms with Crippen molar-refractivity contribution in [3.8, 4) is 5.75 Å². The van der Waals surface area contributed by atoms with E-state index in [-0.39, 0.29) is 12.6 Å². The largest absolute Gasteiger partial charge is 0.489 e. The van der Waals surface area contributed by atoms with Crippen molar-refractivity contribution in [3.05, 3.63) is 65.2 Å². The molecule has 0 saturated heterocycles. The predicted molar refractivity (Wildman–Crippen MR) is 90.0 cm³/mol. The van der Waals surface area contributed by atoms with E-state index >= 15 is 0 Å². The third-order valence-electron chi connectivity index (χ3n) is 3.78. The second-order valence-electron chi connectivity index (χ2n) is 5.55. The van der Waals surface area contributed by atoms with Crippen molar-refractivity contribution >= 4 is 0 Å². The number of aryl methyl sites for hydroxylation is 1. The van der Waals surface area contributed by atoms with Crippen molar-refractivity contribution in [1.82, 2.24) is 5.32 Å². The summed E-state index contributed by atoms with van der Waals surface area (Å²) in [7, 11) is 0. The molecule has 0 heterocycles. The van der Waals surface area contributed by atoms with E-state index in [1.54, 1.807) is 0 Å². The van der Waals surface area contributed by atoms with Crippen molar-refractivity contribution in [3.63, 3.8) is 0 Å². The number of aliphatic hydroxyl groups is 1. The molecular weight excluding hydrogens is 274 g/mol. The Balaban J connectivity index is 1.97. The number of nitrogens with one attached hydrogen (secondary N) is 1. The molecule has 0 spiro atoms. The number of hydrogen-bond donors (Lipinski definition) is 2. The second kappa shape index (κ2) is 8.57. The minimum atomic E-state index is 0.130. The average Bonchev–Trinajstić information content (AvgIpc) is 2.56. The summed E-state index contributed by atoms with van der Waals surface area (Å²) in [6, 6.07) is 16.5. The lowest BCUT2D eigenvalue weighted by Crippen LogP contribution is -2.31. The zero-order valence-electron chi connectivity index (χ0n) is 13.4. The Hall–Kier alpha value is -1.84. The molecule has 0 aliphatic heterocycles. The van der Waals surface area contributed by atoms with E-state index in [1.807, 2.05) is 18.2 Å². The molecular formula is C19H25NO2. The van der Waals surface area contributed by atoms with Gasteiger partial charge in [-0.2, -0.15) is 0 Å². The van der Waals surface area contributed by atoms with Crippen LogP contribution in [0.2, 0.25) is 0 Å². The van der Waals surface area contributed by atoms with Crippen LogP contribution in [0.3, 0.4) is 0 Å². The van der Waals surface area contributed by atoms with E-state index in [0.29, 0.717) is 13.2 Å². The van der Waals surface area contributed by atoms with Gasteiger partial charge in [0, 0.05) is 18.2 Å². The fourth-order valence-corrected chi connectivity index (χ4v) is 2.23. The lowest BCUT2D eigenvalue weighted by molar-refractivity contribution is 0.237. The maximum absolute atomic E-state index is 9.25. The molecule has 2 rings (SSSR count). The number of ether oxygens (including phenoxy) is 1. The molecule has 22 heavy (non-hydrogen) atoms. The molecule has 0 radical (unpaired) electrons. The van der Waals surface area contributed by atoms with Crippen molar-refractivity contribution in [2.45, 2.75) is 39.5 Å². The molecule has 0 fully saturated rings. The smallest absolute Gasteiger partial charge is 0.124 e. The van der Waals surface area contributed by atoms with Crippen LogP contribution in [-0.2, 0) is 13.2 Å². The third kappa shape index (κ3) is 4.86. The van der Waals surface area contributed by atoms with Gasteiger partial charge in [0.05, 0.1) is 6.61 Å². The fraction of sp³-hybridized carbons (Fsp3) is 0.368. The first-order chi connectivity index (χ1) is 10.7. The number of rotatable bonds is 8. The summed E-state index contributed by atoms with van der Waals surface area (Å²) in [5.74, 6) is 0.892. The van der Waals surface area contributed by atoms with Gasteiger partial charge in [0.2, 0.25) is 0 Å². The molecule has 1 atom stereocenters. The zero-order valence-corrected chi connectivity index (χ0v) is 13.4. The van der Waals surface area contributed by atoms with Gasteiger partial charge >= 0.3 is 0 Å². The van der Waals surface area contributed by atoms with E-state index < -0.39 is 0 Å². The molecule has 3 nitrogen and oxygen atoms in total. The van der Waals surface area contributed by atoms with Crippen LogP contribution in [0, 0.1) is 6.92 Å². The van der Waals surface area contributed by atoms with Crippen molar-refractivity contribution < 1.29 is 9.84 Å². The van der Waals surface area contributed by atoms with Gasteiger partial charge in [0.25, 0.3) is 0 Å². The summed E-state index contributed by atoms with van der Waals surface area (Å²) in [4.78, 5) is 0. The fourth-order valence-electron chi connectivity index (χ4n) is 2.23. The van der Waals surface area contributed by atoms with E-state index in [4.69, 9.17) is 4.74 Å². The summed E-state index contributed by atoms with van der Waals surface area (Å²) in [5.41, 5.74) is 3.53. The van der Waals surface area contributed by atoms with Crippen molar-refractivity contribution in [1.29, 1.82) is 0 Å². The first-order valence-corrected chi connectivity index (χ1v) is 7.83. The van der Waals surface area contributed by atoms with Crippen LogP contribution in [0.1, 0.15) is 30.0 Å². The van der Waals surface area contributed by atoms with Gasteiger partial charge in [-0.25, -0.2) is 0 Å². The molecule has 0 unspecified atom stereocenters. The Labute approximate surface area is 133 Å². The Morgan fingerprint density at radius 1 is 1.09 bits per heavy atom. The summed E-state index contributed by atoms with van der Waals surface area (Å²) in [6.07, 6.45) is 0.906. The van der Waals surface area contributed by atoms with Crippen molar-refractivity contribution in [2.24, 2.45) is 0 Å². The zero-order chi connectivity index (χ0) is 15.8. The van der Waals surface area contributed by atoms with Gasteiger partial charge < -0.3 is 15.2 Å². The Bertz CT molecular complexity index is 562. The minimum Gasteiger partial charge on any atom is -0.489 e. The third-order valence-corrected chi connectivity index (χ3v) is 3.78. The minimum absolute atomic E-state index is 0.130. The van der Waals surface area contributed by atoms with Gasteiger partial charge in [-0.3, -0.25) is 0 Å². The van der Waals surface area contributed by atoms with E-state index in [2.05, 4.69) is 49.5 Å². The van der Waals surface area contributed by atoms with Gasteiger partial charge in [-0.15, -0.1) is 0 Å². The van der Waals surface area contributed by atoms with Crippen LogP contribution in [0.5, 0.6) is 5.75 Å². The lowest BCUT2D eigenvalue weighted by atomic mass is 10.1. The molecule has 2 aromatic rings. The molecule has 118 valence electrons. The van der Waals surface area contributed by atoms with Crippen LogP contribution in [0.25, 0.3) is 0 Å². The summed E-state index contributed by atoms with van der Waals surface area (Å²) < 4.78 is 5.96. The normalized spacial score (nSPS) is 12.1. The molecule has 0 amide bonds. The van der Waals surface area contributed by atoms with Crippen LogP contribution in [0.15, 0.2) is 48.5 Å². The maximum atomic E-state index is 9.25. The van der Waals surface area contributed by atoms with Crippen LogP contribution < -0.4 is 10.1 Å². The standard InChI is InChI=1S/C19H25NO2/c1-3-18(13-21)20-12-17-6-4-5-7-19(17)22-14-16-10-8-15(2)9-11-16/h4-11,18,20-21H,3,12-14H2,1-2H3/t18-/m0/s1. The highest BCUT2D eigenvalue weighted by atomic mass is 16.5. The molecule has 0 saturated carbocycles. The number of hydrogen-bond acceptors (Lipinski definition) is 3. The molecule has 0 aliphatic rings. The Morgan fingerprint density at radius 2 is 1.82 bits per heavy atom. The van der Waals surface area contributed by atoms with Gasteiger partial charge in [0.15, 0.2) is 0 Å². The topological polar surface area (TPSA) is 41.5 Å².